The Kier molecular flexibility index (Phi) is 13.9. The Balaban J connectivity index is 3.12. The lowest BCUT2D eigenvalue weighted by molar-refractivity contribution is -0.135. The van der Waals surface area contributed by atoms with Gasteiger partial charge in [-0.1, -0.05) is 129 Å². The van der Waals surface area contributed by atoms with E-state index in [2.05, 4.69) is 141 Å². The highest BCUT2D eigenvalue weighted by molar-refractivity contribution is 9.09. The quantitative estimate of drug-likeness (QED) is 0.109. The zero-order valence-corrected chi connectivity index (χ0v) is 36.1. The fraction of sp³-hybridized carbons (Fsp3) is 0.641. The predicted molar refractivity (Wildman–Crippen MR) is 212 cm³/mol. The molecule has 4 nitrogen and oxygen atoms in total. The van der Waals surface area contributed by atoms with E-state index in [1.165, 1.54) is 0 Å². The lowest BCUT2D eigenvalue weighted by atomic mass is 9.69. The Morgan fingerprint density at radius 1 is 0.553 bits per heavy atom. The number of benzene rings is 2. The van der Waals surface area contributed by atoms with Gasteiger partial charge in [0, 0.05) is 61.0 Å². The predicted octanol–water partition coefficient (Wildman–Crippen LogP) is 11.9. The summed E-state index contributed by atoms with van der Waals surface area (Å²) in [4.78, 5) is 27.8. The largest absolute Gasteiger partial charge is 0.426 e. The average Bonchev–Trinajstić information content (AvgIpc) is 2.87. The lowest BCUT2D eigenvalue weighted by Gasteiger charge is -2.39. The molecule has 2 aromatic rings. The van der Waals surface area contributed by atoms with Crippen LogP contribution in [0, 0.1) is 0 Å². The van der Waals surface area contributed by atoms with Crippen LogP contribution in [-0.4, -0.2) is 22.6 Å². The number of hydrogen-bond acceptors (Lipinski definition) is 6. The molecule has 0 aliphatic carbocycles. The van der Waals surface area contributed by atoms with Crippen molar-refractivity contribution in [1.29, 1.82) is 0 Å². The van der Waals surface area contributed by atoms with E-state index in [9.17, 15) is 9.59 Å². The van der Waals surface area contributed by atoms with E-state index in [0.717, 1.165) is 53.8 Å². The van der Waals surface area contributed by atoms with Crippen molar-refractivity contribution in [3.05, 3.63) is 45.5 Å². The molecule has 0 heterocycles. The summed E-state index contributed by atoms with van der Waals surface area (Å²) in [6, 6.07) is 4.36. The monoisotopic (exact) mass is 812 g/mol. The van der Waals surface area contributed by atoms with E-state index < -0.39 is 5.41 Å². The number of esters is 2. The molecule has 0 bridgehead atoms. The highest BCUT2D eigenvalue weighted by Crippen LogP contribution is 2.52. The Morgan fingerprint density at radius 3 is 1.09 bits per heavy atom. The van der Waals surface area contributed by atoms with Crippen LogP contribution in [0.15, 0.2) is 21.9 Å². The van der Waals surface area contributed by atoms with Crippen LogP contribution < -0.4 is 9.47 Å². The Hall–Kier alpha value is -0.960. The molecule has 8 heteroatoms. The molecule has 0 radical (unpaired) electrons. The fourth-order valence-corrected chi connectivity index (χ4v) is 8.00. The van der Waals surface area contributed by atoms with Crippen LogP contribution in [0.25, 0.3) is 0 Å². The van der Waals surface area contributed by atoms with Gasteiger partial charge in [0.05, 0.1) is 0 Å². The van der Waals surface area contributed by atoms with Gasteiger partial charge in [-0.15, -0.1) is 25.3 Å². The highest BCUT2D eigenvalue weighted by Gasteiger charge is 2.40. The summed E-state index contributed by atoms with van der Waals surface area (Å²) in [6.07, 6.45) is 2.06. The fourth-order valence-electron chi connectivity index (χ4n) is 5.88. The van der Waals surface area contributed by atoms with Gasteiger partial charge in [0.2, 0.25) is 0 Å². The van der Waals surface area contributed by atoms with Gasteiger partial charge in [0.25, 0.3) is 0 Å². The third kappa shape index (κ3) is 10.1. The Labute approximate surface area is 313 Å². The maximum Gasteiger partial charge on any atom is 0.311 e. The number of alkyl halides is 2. The van der Waals surface area contributed by atoms with Crippen molar-refractivity contribution in [3.63, 3.8) is 0 Å². The number of ether oxygens (including phenoxy) is 2. The van der Waals surface area contributed by atoms with Crippen LogP contribution in [-0.2, 0) is 36.7 Å². The Bertz CT molecular complexity index is 1360. The second-order valence-corrected chi connectivity index (χ2v) is 19.7. The third-order valence-electron chi connectivity index (χ3n) is 8.43. The molecule has 2 aromatic carbocycles. The third-order valence-corrected chi connectivity index (χ3v) is 10.5. The lowest BCUT2D eigenvalue weighted by Crippen LogP contribution is -2.30. The minimum absolute atomic E-state index is 0.247. The van der Waals surface area contributed by atoms with Crippen LogP contribution in [0.1, 0.15) is 156 Å². The first-order valence-corrected chi connectivity index (χ1v) is 19.7. The minimum Gasteiger partial charge on any atom is -0.426 e. The number of hydrogen-bond donors (Lipinski definition) is 2. The van der Waals surface area contributed by atoms with Crippen molar-refractivity contribution < 1.29 is 19.1 Å². The van der Waals surface area contributed by atoms with Crippen molar-refractivity contribution >= 4 is 69.1 Å². The molecule has 47 heavy (non-hydrogen) atoms. The van der Waals surface area contributed by atoms with Gasteiger partial charge in [-0.2, -0.15) is 0 Å². The maximum atomic E-state index is 13.1. The molecule has 264 valence electrons. The summed E-state index contributed by atoms with van der Waals surface area (Å²) in [7, 11) is 0. The van der Waals surface area contributed by atoms with E-state index in [0.29, 0.717) is 37.2 Å². The molecule has 0 aliphatic heterocycles. The number of halogens is 2. The molecule has 0 aromatic heterocycles. The summed E-state index contributed by atoms with van der Waals surface area (Å²) in [5.74, 6) is 0.723. The zero-order valence-electron chi connectivity index (χ0n) is 31.2. The second kappa shape index (κ2) is 15.5. The van der Waals surface area contributed by atoms with Crippen LogP contribution in [0.4, 0.5) is 0 Å². The smallest absolute Gasteiger partial charge is 0.311 e. The summed E-state index contributed by atoms with van der Waals surface area (Å²) >= 11 is 17.4. The van der Waals surface area contributed by atoms with Crippen molar-refractivity contribution in [2.24, 2.45) is 0 Å². The van der Waals surface area contributed by atoms with E-state index in [1.54, 1.807) is 0 Å². The molecule has 0 saturated heterocycles. The normalized spacial score (nSPS) is 13.1. The number of carbonyl (C=O) groups is 2. The van der Waals surface area contributed by atoms with E-state index in [-0.39, 0.29) is 33.6 Å². The van der Waals surface area contributed by atoms with Crippen molar-refractivity contribution in [2.75, 3.05) is 10.7 Å². The summed E-state index contributed by atoms with van der Waals surface area (Å²) < 4.78 is 12.5. The van der Waals surface area contributed by atoms with E-state index >= 15 is 0 Å². The molecule has 0 aliphatic rings. The number of rotatable bonds is 10. The topological polar surface area (TPSA) is 52.6 Å². The first-order chi connectivity index (χ1) is 21.2. The molecule has 0 saturated carbocycles. The molecular formula is C39H58Br2O4S2. The Morgan fingerprint density at radius 2 is 0.851 bits per heavy atom. The number of carbonyl (C=O) groups excluding carboxylic acids is 2. The van der Waals surface area contributed by atoms with E-state index in [1.807, 2.05) is 0 Å². The van der Waals surface area contributed by atoms with Gasteiger partial charge in [0.1, 0.15) is 11.5 Å². The molecule has 2 rings (SSSR count). The standard InChI is InChI=1S/C39H58Br2O4S2/c1-35(2,3)23-21-25(33(46)29(37(7,8)9)31(23)44-27(42)17-15-19-40)39(13,14)26-22-24(36(4,5)6)32(45-28(43)18-16-20-41)30(34(26)47)38(10,11)12/h21-22,46-47H,15-20H2,1-14H3. The molecule has 0 N–H and O–H groups in total. The summed E-state index contributed by atoms with van der Waals surface area (Å²) in [6.45, 7) is 30.1. The van der Waals surface area contributed by atoms with Crippen molar-refractivity contribution in [2.45, 2.75) is 159 Å². The molecular weight excluding hydrogens is 756 g/mol. The molecule has 0 spiro atoms. The molecule has 0 atom stereocenters. The summed E-state index contributed by atoms with van der Waals surface area (Å²) in [5.41, 5.74) is 3.77. The summed E-state index contributed by atoms with van der Waals surface area (Å²) in [5, 5.41) is 1.47. The van der Waals surface area contributed by atoms with Gasteiger partial charge >= 0.3 is 11.9 Å². The molecule has 0 amide bonds. The van der Waals surface area contributed by atoms with Gasteiger partial charge in [-0.3, -0.25) is 9.59 Å². The molecule has 0 fully saturated rings. The van der Waals surface area contributed by atoms with Crippen molar-refractivity contribution in [1.82, 2.24) is 0 Å². The van der Waals surface area contributed by atoms with Crippen LogP contribution in [0.5, 0.6) is 11.5 Å². The van der Waals surface area contributed by atoms with E-state index in [4.69, 9.17) is 34.7 Å². The second-order valence-electron chi connectivity index (χ2n) is 17.2. The first-order valence-electron chi connectivity index (χ1n) is 16.6. The minimum atomic E-state index is -0.592. The zero-order chi connectivity index (χ0) is 36.5. The van der Waals surface area contributed by atoms with Crippen LogP contribution in [0.3, 0.4) is 0 Å². The first kappa shape index (κ1) is 42.2. The van der Waals surface area contributed by atoms with Gasteiger partial charge in [-0.25, -0.2) is 0 Å². The maximum absolute atomic E-state index is 13.1. The van der Waals surface area contributed by atoms with Gasteiger partial charge < -0.3 is 9.47 Å². The molecule has 0 unspecified atom stereocenters. The average molecular weight is 815 g/mol. The van der Waals surface area contributed by atoms with Crippen LogP contribution in [0.2, 0.25) is 0 Å². The van der Waals surface area contributed by atoms with Crippen LogP contribution >= 0.6 is 57.1 Å². The van der Waals surface area contributed by atoms with Crippen molar-refractivity contribution in [3.8, 4) is 11.5 Å². The van der Waals surface area contributed by atoms with Gasteiger partial charge in [-0.05, 0) is 57.8 Å². The highest BCUT2D eigenvalue weighted by atomic mass is 79.9. The van der Waals surface area contributed by atoms with Gasteiger partial charge in [0.15, 0.2) is 0 Å². The number of thiol groups is 2. The SMILES string of the molecule is CC(C)(C)c1cc(C(C)(C)c2cc(C(C)(C)C)c(OC(=O)CCCBr)c(C(C)(C)C)c2S)c(S)c(C(C)(C)C)c1OC(=O)CCCBr.